The van der Waals surface area contributed by atoms with Gasteiger partial charge in [0.05, 0.1) is 5.70 Å². The van der Waals surface area contributed by atoms with Gasteiger partial charge in [-0.25, -0.2) is 9.37 Å². The summed E-state index contributed by atoms with van der Waals surface area (Å²) in [6.45, 7) is 13.7. The molecular formula is C17H26FN5O. The maximum atomic E-state index is 12.1. The molecule has 132 valence electrons. The Morgan fingerprint density at radius 1 is 1.38 bits per heavy atom. The molecule has 1 rings (SSSR count). The van der Waals surface area contributed by atoms with Crippen LogP contribution >= 0.6 is 0 Å². The van der Waals surface area contributed by atoms with E-state index in [0.717, 1.165) is 5.69 Å². The van der Waals surface area contributed by atoms with Crippen LogP contribution in [-0.2, 0) is 4.79 Å². The number of carbonyl (C=O) groups is 1. The van der Waals surface area contributed by atoms with Gasteiger partial charge in [0.25, 0.3) is 0 Å². The molecule has 0 bridgehead atoms. The van der Waals surface area contributed by atoms with Crippen LogP contribution in [0.2, 0.25) is 0 Å². The summed E-state index contributed by atoms with van der Waals surface area (Å²) in [5, 5.41) is 5.50. The number of halogens is 1. The lowest BCUT2D eigenvalue weighted by Crippen LogP contribution is -2.20. The Morgan fingerprint density at radius 2 is 2.00 bits per heavy atom. The van der Waals surface area contributed by atoms with Gasteiger partial charge in [0.2, 0.25) is 5.91 Å². The van der Waals surface area contributed by atoms with Crippen LogP contribution in [0.15, 0.2) is 67.8 Å². The molecule has 0 aliphatic rings. The third-order valence-corrected chi connectivity index (χ3v) is 2.22. The van der Waals surface area contributed by atoms with Crippen molar-refractivity contribution < 1.29 is 9.18 Å². The SMILES string of the molecule is C=C/C=C(/NN)C(=C)F.C=CC(=O)Nc1cc(NC)ccn1.CC. The first kappa shape index (κ1) is 23.3. The van der Waals surface area contributed by atoms with Gasteiger partial charge in [-0.2, -0.15) is 0 Å². The fourth-order valence-electron chi connectivity index (χ4n) is 1.17. The number of hydrogen-bond acceptors (Lipinski definition) is 5. The van der Waals surface area contributed by atoms with Gasteiger partial charge in [-0.3, -0.25) is 10.6 Å². The molecule has 0 aliphatic heterocycles. The average molecular weight is 335 g/mol. The van der Waals surface area contributed by atoms with Gasteiger partial charge >= 0.3 is 0 Å². The molecule has 0 aliphatic carbocycles. The van der Waals surface area contributed by atoms with Gasteiger partial charge in [0, 0.05) is 25.0 Å². The molecule has 1 aromatic rings. The normalized spacial score (nSPS) is 9.12. The van der Waals surface area contributed by atoms with Crippen LogP contribution in [0.4, 0.5) is 15.9 Å². The van der Waals surface area contributed by atoms with E-state index in [1.807, 2.05) is 19.9 Å². The molecule has 0 radical (unpaired) electrons. The molecule has 1 amide bonds. The molecule has 1 aromatic heterocycles. The van der Waals surface area contributed by atoms with Gasteiger partial charge in [0.1, 0.15) is 11.6 Å². The van der Waals surface area contributed by atoms with Crippen molar-refractivity contribution in [1.82, 2.24) is 10.4 Å². The predicted molar refractivity (Wildman–Crippen MR) is 99.8 cm³/mol. The van der Waals surface area contributed by atoms with Crippen molar-refractivity contribution in [2.75, 3.05) is 17.7 Å². The summed E-state index contributed by atoms with van der Waals surface area (Å²) < 4.78 is 12.1. The van der Waals surface area contributed by atoms with E-state index in [1.165, 1.54) is 18.2 Å². The summed E-state index contributed by atoms with van der Waals surface area (Å²) >= 11 is 0. The zero-order valence-electron chi connectivity index (χ0n) is 14.4. The topological polar surface area (TPSA) is 92.1 Å². The highest BCUT2D eigenvalue weighted by Crippen LogP contribution is 2.10. The quantitative estimate of drug-likeness (QED) is 0.277. The van der Waals surface area contributed by atoms with E-state index >= 15 is 0 Å². The summed E-state index contributed by atoms with van der Waals surface area (Å²) in [4.78, 5) is 14.8. The molecule has 5 N–H and O–H groups in total. The minimum Gasteiger partial charge on any atom is -0.388 e. The van der Waals surface area contributed by atoms with Crippen LogP contribution in [0.5, 0.6) is 0 Å². The standard InChI is InChI=1S/C9H11N3O.C6H9FN2.C2H6/c1-3-9(13)12-8-6-7(10-2)4-5-11-8;1-3-4-6(9-8)5(2)7;1-2/h3-6H,1H2,2H3,(H2,10,11,12,13);3-4,9H,1-2,8H2;1-2H3/b;6-4+;. The smallest absolute Gasteiger partial charge is 0.248 e. The maximum Gasteiger partial charge on any atom is 0.248 e. The highest BCUT2D eigenvalue weighted by molar-refractivity contribution is 5.98. The first-order valence-electron chi connectivity index (χ1n) is 7.19. The Hall–Kier alpha value is -2.93. The van der Waals surface area contributed by atoms with Crippen LogP contribution in [-0.4, -0.2) is 17.9 Å². The number of allylic oxidation sites excluding steroid dienone is 3. The van der Waals surface area contributed by atoms with E-state index in [9.17, 15) is 9.18 Å². The van der Waals surface area contributed by atoms with Gasteiger partial charge in [-0.15, -0.1) is 0 Å². The predicted octanol–water partition coefficient (Wildman–Crippen LogP) is 3.28. The third kappa shape index (κ3) is 10.7. The monoisotopic (exact) mass is 335 g/mol. The second-order valence-electron chi connectivity index (χ2n) is 3.74. The lowest BCUT2D eigenvalue weighted by Gasteiger charge is -2.03. The molecule has 0 saturated carbocycles. The van der Waals surface area contributed by atoms with Crippen molar-refractivity contribution in [3.05, 3.63) is 67.8 Å². The number of amides is 1. The Kier molecular flexibility index (Phi) is 14.6. The summed E-state index contributed by atoms with van der Waals surface area (Å²) in [5.41, 5.74) is 3.16. The lowest BCUT2D eigenvalue weighted by atomic mass is 10.4. The molecule has 0 fully saturated rings. The second-order valence-corrected chi connectivity index (χ2v) is 3.74. The zero-order valence-corrected chi connectivity index (χ0v) is 14.4. The van der Waals surface area contributed by atoms with Crippen molar-refractivity contribution in [3.8, 4) is 0 Å². The number of hydrogen-bond donors (Lipinski definition) is 4. The number of nitrogens with two attached hydrogens (primary N) is 1. The average Bonchev–Trinajstić information content (AvgIpc) is 2.61. The summed E-state index contributed by atoms with van der Waals surface area (Å²) in [7, 11) is 1.80. The van der Waals surface area contributed by atoms with Gasteiger partial charge in [-0.1, -0.05) is 39.7 Å². The minimum atomic E-state index is -0.600. The van der Waals surface area contributed by atoms with E-state index in [4.69, 9.17) is 5.84 Å². The molecule has 0 atom stereocenters. The fourth-order valence-corrected chi connectivity index (χ4v) is 1.17. The van der Waals surface area contributed by atoms with Crippen LogP contribution in [0.3, 0.4) is 0 Å². The van der Waals surface area contributed by atoms with Crippen molar-refractivity contribution >= 4 is 17.4 Å². The van der Waals surface area contributed by atoms with E-state index < -0.39 is 5.83 Å². The first-order chi connectivity index (χ1) is 11.5. The number of aromatic nitrogens is 1. The van der Waals surface area contributed by atoms with Crippen LogP contribution in [0.1, 0.15) is 13.8 Å². The number of nitrogens with one attached hydrogen (secondary N) is 3. The highest BCUT2D eigenvalue weighted by atomic mass is 19.1. The lowest BCUT2D eigenvalue weighted by molar-refractivity contribution is -0.111. The van der Waals surface area contributed by atoms with E-state index in [1.54, 1.807) is 19.3 Å². The molecule has 24 heavy (non-hydrogen) atoms. The van der Waals surface area contributed by atoms with Crippen LogP contribution in [0, 0.1) is 0 Å². The fraction of sp³-hybridized carbons (Fsp3) is 0.176. The van der Waals surface area contributed by atoms with Crippen LogP contribution < -0.4 is 21.9 Å². The molecule has 7 heteroatoms. The first-order valence-corrected chi connectivity index (χ1v) is 7.19. The Labute approximate surface area is 143 Å². The summed E-state index contributed by atoms with van der Waals surface area (Å²) in [6.07, 6.45) is 5.63. The van der Waals surface area contributed by atoms with E-state index in [0.29, 0.717) is 5.82 Å². The van der Waals surface area contributed by atoms with Gasteiger partial charge in [-0.05, 0) is 18.2 Å². The molecular weight excluding hydrogens is 309 g/mol. The Balaban J connectivity index is 0. The number of pyridine rings is 1. The number of anilines is 2. The molecule has 0 saturated heterocycles. The minimum absolute atomic E-state index is 0.144. The van der Waals surface area contributed by atoms with Crippen molar-refractivity contribution in [2.24, 2.45) is 5.84 Å². The molecule has 0 unspecified atom stereocenters. The maximum absolute atomic E-state index is 12.1. The number of carbonyl (C=O) groups excluding carboxylic acids is 1. The van der Waals surface area contributed by atoms with Crippen molar-refractivity contribution in [1.29, 1.82) is 0 Å². The molecule has 0 aromatic carbocycles. The summed E-state index contributed by atoms with van der Waals surface area (Å²) in [5.74, 6) is 4.54. The highest BCUT2D eigenvalue weighted by Gasteiger charge is 1.98. The van der Waals surface area contributed by atoms with Crippen molar-refractivity contribution in [2.45, 2.75) is 13.8 Å². The number of rotatable bonds is 6. The Morgan fingerprint density at radius 3 is 2.38 bits per heavy atom. The van der Waals surface area contributed by atoms with E-state index in [2.05, 4.69) is 40.8 Å². The van der Waals surface area contributed by atoms with Gasteiger partial charge in [0.15, 0.2) is 0 Å². The van der Waals surface area contributed by atoms with Crippen molar-refractivity contribution in [3.63, 3.8) is 0 Å². The second kappa shape index (κ2) is 15.0. The third-order valence-electron chi connectivity index (χ3n) is 2.22. The molecule has 0 spiro atoms. The van der Waals surface area contributed by atoms with E-state index in [-0.39, 0.29) is 11.6 Å². The Bertz CT molecular complexity index is 570. The largest absolute Gasteiger partial charge is 0.388 e. The number of nitrogens with zero attached hydrogens (tertiary/aromatic N) is 1. The zero-order chi connectivity index (χ0) is 19.0. The van der Waals surface area contributed by atoms with Crippen LogP contribution in [0.25, 0.3) is 0 Å². The molecule has 6 nitrogen and oxygen atoms in total. The number of hydrazine groups is 1. The van der Waals surface area contributed by atoms with Gasteiger partial charge < -0.3 is 16.1 Å². The molecule has 1 heterocycles. The summed E-state index contributed by atoms with van der Waals surface area (Å²) in [6, 6.07) is 3.55.